The third kappa shape index (κ3) is 2.84. The number of amides is 1. The molecule has 7 heteroatoms. The van der Waals surface area contributed by atoms with Gasteiger partial charge in [-0.2, -0.15) is 0 Å². The summed E-state index contributed by atoms with van der Waals surface area (Å²) in [6.07, 6.45) is 2.37. The Balaban J connectivity index is 1.88. The number of carbonyl (C=O) groups is 2. The first-order chi connectivity index (χ1) is 11.0. The van der Waals surface area contributed by atoms with Crippen LogP contribution in [-0.2, 0) is 9.53 Å². The average Bonchev–Trinajstić information content (AvgIpc) is 2.95. The molecule has 0 saturated carbocycles. The Hall–Kier alpha value is -1.24. The standard InChI is InChI=1S/C16H18ClNO4S/c1-23-11-2-3-13(17)12(6-11)14(19)18-7-10-8-22-5-4-16(10,9-18)15(20)21/h2-3,6,10H,4-5,7-9H2,1H3,(H,20,21)/t10-,16+/m0/s1. The number of aliphatic carboxylic acids is 1. The molecular formula is C16H18ClNO4S. The molecule has 1 N–H and O–H groups in total. The van der Waals surface area contributed by atoms with Gasteiger partial charge < -0.3 is 14.7 Å². The monoisotopic (exact) mass is 355 g/mol. The van der Waals surface area contributed by atoms with Crippen molar-refractivity contribution in [1.82, 2.24) is 4.90 Å². The molecule has 2 fully saturated rings. The summed E-state index contributed by atoms with van der Waals surface area (Å²) in [6.45, 7) is 1.42. The van der Waals surface area contributed by atoms with Crippen molar-refractivity contribution in [2.75, 3.05) is 32.6 Å². The number of carboxylic acids is 1. The van der Waals surface area contributed by atoms with Gasteiger partial charge in [-0.05, 0) is 30.9 Å². The first-order valence-corrected chi connectivity index (χ1v) is 9.02. The van der Waals surface area contributed by atoms with E-state index in [4.69, 9.17) is 16.3 Å². The maximum Gasteiger partial charge on any atom is 0.311 e. The summed E-state index contributed by atoms with van der Waals surface area (Å²) in [6, 6.07) is 5.33. The van der Waals surface area contributed by atoms with Crippen LogP contribution in [-0.4, -0.2) is 54.4 Å². The van der Waals surface area contributed by atoms with Gasteiger partial charge in [-0.25, -0.2) is 0 Å². The van der Waals surface area contributed by atoms with E-state index >= 15 is 0 Å². The second-order valence-corrected chi connectivity index (χ2v) is 7.30. The lowest BCUT2D eigenvalue weighted by Crippen LogP contribution is -2.45. The number of benzene rings is 1. The zero-order valence-electron chi connectivity index (χ0n) is 12.8. The van der Waals surface area contributed by atoms with Crippen LogP contribution < -0.4 is 0 Å². The van der Waals surface area contributed by atoms with Crippen molar-refractivity contribution in [3.63, 3.8) is 0 Å². The van der Waals surface area contributed by atoms with Gasteiger partial charge in [0.2, 0.25) is 0 Å². The largest absolute Gasteiger partial charge is 0.481 e. The van der Waals surface area contributed by atoms with Crippen LogP contribution in [0, 0.1) is 11.3 Å². The number of likely N-dealkylation sites (tertiary alicyclic amines) is 1. The lowest BCUT2D eigenvalue weighted by atomic mass is 9.74. The Bertz CT molecular complexity index is 653. The van der Waals surface area contributed by atoms with Crippen LogP contribution in [0.15, 0.2) is 23.1 Å². The van der Waals surface area contributed by atoms with Gasteiger partial charge in [0.1, 0.15) is 0 Å². The molecule has 1 amide bonds. The smallest absolute Gasteiger partial charge is 0.311 e. The number of halogens is 1. The SMILES string of the molecule is CSc1ccc(Cl)c(C(=O)N2C[C@H]3COCC[C@@]3(C(=O)O)C2)c1. The molecular weight excluding hydrogens is 338 g/mol. The van der Waals surface area contributed by atoms with Gasteiger partial charge in [-0.3, -0.25) is 9.59 Å². The predicted octanol–water partition coefficient (Wildman–Crippen LogP) is 2.63. The van der Waals surface area contributed by atoms with Gasteiger partial charge in [0, 0.05) is 30.5 Å². The van der Waals surface area contributed by atoms with Gasteiger partial charge >= 0.3 is 5.97 Å². The van der Waals surface area contributed by atoms with Crippen molar-refractivity contribution in [3.8, 4) is 0 Å². The van der Waals surface area contributed by atoms with Crippen LogP contribution in [0.1, 0.15) is 16.8 Å². The highest BCUT2D eigenvalue weighted by atomic mass is 35.5. The van der Waals surface area contributed by atoms with E-state index in [1.807, 2.05) is 12.3 Å². The fourth-order valence-electron chi connectivity index (χ4n) is 3.42. The predicted molar refractivity (Wildman–Crippen MR) is 88.1 cm³/mol. The Morgan fingerprint density at radius 3 is 2.91 bits per heavy atom. The number of hydrogen-bond donors (Lipinski definition) is 1. The van der Waals surface area contributed by atoms with E-state index in [1.54, 1.807) is 17.0 Å². The normalized spacial score (nSPS) is 26.9. The average molecular weight is 356 g/mol. The molecule has 3 rings (SSSR count). The quantitative estimate of drug-likeness (QED) is 0.844. The minimum atomic E-state index is -0.891. The van der Waals surface area contributed by atoms with Crippen LogP contribution in [0.5, 0.6) is 0 Å². The van der Waals surface area contributed by atoms with Gasteiger partial charge in [0.25, 0.3) is 5.91 Å². The molecule has 2 atom stereocenters. The Labute approximate surface area is 143 Å². The number of hydrogen-bond acceptors (Lipinski definition) is 4. The minimum absolute atomic E-state index is 0.166. The van der Waals surface area contributed by atoms with Crippen LogP contribution in [0.3, 0.4) is 0 Å². The highest BCUT2D eigenvalue weighted by molar-refractivity contribution is 7.98. The lowest BCUT2D eigenvalue weighted by molar-refractivity contribution is -0.157. The van der Waals surface area contributed by atoms with Crippen molar-refractivity contribution >= 4 is 35.2 Å². The fraction of sp³-hybridized carbons (Fsp3) is 0.500. The molecule has 5 nitrogen and oxygen atoms in total. The van der Waals surface area contributed by atoms with E-state index in [1.165, 1.54) is 11.8 Å². The third-order valence-electron chi connectivity index (χ3n) is 4.82. The third-order valence-corrected chi connectivity index (χ3v) is 5.88. The Morgan fingerprint density at radius 2 is 2.26 bits per heavy atom. The maximum atomic E-state index is 12.8. The summed E-state index contributed by atoms with van der Waals surface area (Å²) in [7, 11) is 0. The van der Waals surface area contributed by atoms with E-state index in [-0.39, 0.29) is 18.4 Å². The molecule has 0 radical (unpaired) electrons. The number of fused-ring (bicyclic) bond motifs is 1. The Morgan fingerprint density at radius 1 is 1.48 bits per heavy atom. The summed E-state index contributed by atoms with van der Waals surface area (Å²) in [4.78, 5) is 27.2. The number of ether oxygens (including phenoxy) is 1. The summed E-state index contributed by atoms with van der Waals surface area (Å²) in [5.74, 6) is -1.22. The fourth-order valence-corrected chi connectivity index (χ4v) is 4.06. The molecule has 124 valence electrons. The number of nitrogens with zero attached hydrogens (tertiary/aromatic N) is 1. The van der Waals surface area contributed by atoms with E-state index in [2.05, 4.69) is 0 Å². The Kier molecular flexibility index (Phi) is 4.58. The van der Waals surface area contributed by atoms with Gasteiger partial charge in [-0.15, -0.1) is 11.8 Å². The summed E-state index contributed by atoms with van der Waals surface area (Å²) in [5.41, 5.74) is -0.462. The van der Waals surface area contributed by atoms with E-state index in [0.29, 0.717) is 36.8 Å². The highest BCUT2D eigenvalue weighted by Gasteiger charge is 2.55. The van der Waals surface area contributed by atoms with E-state index in [9.17, 15) is 14.7 Å². The van der Waals surface area contributed by atoms with Crippen molar-refractivity contribution in [3.05, 3.63) is 28.8 Å². The summed E-state index contributed by atoms with van der Waals surface area (Å²) >= 11 is 7.71. The molecule has 0 aliphatic carbocycles. The molecule has 0 aromatic heterocycles. The van der Waals surface area contributed by atoms with Crippen molar-refractivity contribution < 1.29 is 19.4 Å². The lowest BCUT2D eigenvalue weighted by Gasteiger charge is -2.33. The first-order valence-electron chi connectivity index (χ1n) is 7.42. The number of rotatable bonds is 3. The molecule has 2 aliphatic rings. The van der Waals surface area contributed by atoms with E-state index in [0.717, 1.165) is 4.90 Å². The van der Waals surface area contributed by atoms with Crippen molar-refractivity contribution in [2.24, 2.45) is 11.3 Å². The molecule has 1 aromatic carbocycles. The molecule has 23 heavy (non-hydrogen) atoms. The summed E-state index contributed by atoms with van der Waals surface area (Å²) in [5, 5.41) is 10.1. The van der Waals surface area contributed by atoms with Crippen LogP contribution in [0.25, 0.3) is 0 Å². The molecule has 2 heterocycles. The number of carboxylic acid groups (broad SMARTS) is 1. The number of thioether (sulfide) groups is 1. The molecule has 0 spiro atoms. The molecule has 0 bridgehead atoms. The zero-order chi connectivity index (χ0) is 16.6. The second-order valence-electron chi connectivity index (χ2n) is 6.01. The van der Waals surface area contributed by atoms with Crippen molar-refractivity contribution in [2.45, 2.75) is 11.3 Å². The zero-order valence-corrected chi connectivity index (χ0v) is 14.3. The number of carbonyl (C=O) groups excluding carboxylic acids is 1. The van der Waals surface area contributed by atoms with Gasteiger partial charge in [0.15, 0.2) is 0 Å². The maximum absolute atomic E-state index is 12.8. The van der Waals surface area contributed by atoms with E-state index < -0.39 is 11.4 Å². The topological polar surface area (TPSA) is 66.8 Å². The van der Waals surface area contributed by atoms with Gasteiger partial charge in [0.05, 0.1) is 22.6 Å². The first kappa shape index (κ1) is 16.6. The van der Waals surface area contributed by atoms with Crippen molar-refractivity contribution in [1.29, 1.82) is 0 Å². The van der Waals surface area contributed by atoms with Crippen LogP contribution in [0.2, 0.25) is 5.02 Å². The van der Waals surface area contributed by atoms with Crippen LogP contribution >= 0.6 is 23.4 Å². The molecule has 0 unspecified atom stereocenters. The summed E-state index contributed by atoms with van der Waals surface area (Å²) < 4.78 is 5.42. The van der Waals surface area contributed by atoms with Gasteiger partial charge in [-0.1, -0.05) is 11.6 Å². The minimum Gasteiger partial charge on any atom is -0.481 e. The highest BCUT2D eigenvalue weighted by Crippen LogP contribution is 2.43. The molecule has 1 aromatic rings. The molecule has 2 aliphatic heterocycles. The second kappa shape index (κ2) is 6.34. The molecule has 2 saturated heterocycles. The van der Waals surface area contributed by atoms with Crippen LogP contribution in [0.4, 0.5) is 0 Å².